The summed E-state index contributed by atoms with van der Waals surface area (Å²) in [5.41, 5.74) is 1.57. The number of carbonyl (C=O) groups excluding carboxylic acids is 2. The van der Waals surface area contributed by atoms with E-state index in [9.17, 15) is 14.4 Å². The van der Waals surface area contributed by atoms with Crippen LogP contribution in [0.15, 0.2) is 62.8 Å². The number of hydrogen-bond acceptors (Lipinski definition) is 6. The minimum absolute atomic E-state index is 0.00725. The van der Waals surface area contributed by atoms with E-state index in [0.29, 0.717) is 43.1 Å². The molecule has 1 aromatic carbocycles. The number of aromatic nitrogens is 1. The highest BCUT2D eigenvalue weighted by atomic mass is 32.2. The monoisotopic (exact) mass is 495 g/mol. The highest BCUT2D eigenvalue weighted by molar-refractivity contribution is 7.98. The van der Waals surface area contributed by atoms with E-state index >= 15 is 0 Å². The van der Waals surface area contributed by atoms with Gasteiger partial charge in [0.15, 0.2) is 0 Å². The fraction of sp³-hybridized carbons (Fsp3) is 0.346. The van der Waals surface area contributed by atoms with Gasteiger partial charge in [-0.25, -0.2) is 0 Å². The maximum absolute atomic E-state index is 13.3. The molecule has 2 aromatic heterocycles. The SMILES string of the molecule is COc1cc(=O)n2c(c1C(=O)N[C@H](C)c1ccco1)CCN(C(=O)Cc1ccc(SC)cc1)CC2. The van der Waals surface area contributed by atoms with Gasteiger partial charge < -0.3 is 23.9 Å². The number of rotatable bonds is 7. The number of nitrogens with one attached hydrogen (secondary N) is 1. The van der Waals surface area contributed by atoms with Crippen molar-refractivity contribution in [1.29, 1.82) is 0 Å². The molecular weight excluding hydrogens is 466 g/mol. The Kier molecular flexibility index (Phi) is 7.65. The van der Waals surface area contributed by atoms with E-state index in [1.807, 2.05) is 37.4 Å². The molecule has 0 saturated heterocycles. The third kappa shape index (κ3) is 5.45. The van der Waals surface area contributed by atoms with Crippen molar-refractivity contribution >= 4 is 23.6 Å². The van der Waals surface area contributed by atoms with Gasteiger partial charge in [0.05, 0.1) is 25.8 Å². The molecule has 9 heteroatoms. The van der Waals surface area contributed by atoms with Gasteiger partial charge in [0.2, 0.25) is 5.91 Å². The number of furan rings is 1. The summed E-state index contributed by atoms with van der Waals surface area (Å²) in [5.74, 6) is 0.480. The van der Waals surface area contributed by atoms with Gasteiger partial charge >= 0.3 is 0 Å². The van der Waals surface area contributed by atoms with Crippen molar-refractivity contribution < 1.29 is 18.7 Å². The molecule has 35 heavy (non-hydrogen) atoms. The highest BCUT2D eigenvalue weighted by Gasteiger charge is 2.27. The first-order valence-electron chi connectivity index (χ1n) is 11.5. The quantitative estimate of drug-likeness (QED) is 0.506. The predicted octanol–water partition coefficient (Wildman–Crippen LogP) is 3.29. The third-order valence-electron chi connectivity index (χ3n) is 6.23. The molecule has 3 heterocycles. The molecule has 0 fully saturated rings. The van der Waals surface area contributed by atoms with Crippen molar-refractivity contribution in [2.75, 3.05) is 26.5 Å². The molecule has 1 N–H and O–H groups in total. The molecule has 0 saturated carbocycles. The summed E-state index contributed by atoms with van der Waals surface area (Å²) in [5, 5.41) is 2.93. The lowest BCUT2D eigenvalue weighted by Gasteiger charge is -2.20. The minimum atomic E-state index is -0.365. The molecule has 4 rings (SSSR count). The van der Waals surface area contributed by atoms with Crippen molar-refractivity contribution in [3.05, 3.63) is 81.7 Å². The van der Waals surface area contributed by atoms with Gasteiger partial charge in [-0.2, -0.15) is 0 Å². The summed E-state index contributed by atoms with van der Waals surface area (Å²) in [6.45, 7) is 2.93. The molecule has 184 valence electrons. The smallest absolute Gasteiger partial charge is 0.257 e. The second-order valence-electron chi connectivity index (χ2n) is 8.39. The summed E-state index contributed by atoms with van der Waals surface area (Å²) in [6.07, 6.45) is 4.21. The topological polar surface area (TPSA) is 93.8 Å². The van der Waals surface area contributed by atoms with Crippen LogP contribution in [0.5, 0.6) is 5.75 Å². The van der Waals surface area contributed by atoms with E-state index in [-0.39, 0.29) is 35.6 Å². The molecule has 3 aromatic rings. The van der Waals surface area contributed by atoms with Crippen molar-refractivity contribution in [2.24, 2.45) is 0 Å². The van der Waals surface area contributed by atoms with Gasteiger partial charge in [0.1, 0.15) is 17.1 Å². The number of nitrogens with zero attached hydrogens (tertiary/aromatic N) is 2. The van der Waals surface area contributed by atoms with Gasteiger partial charge in [-0.3, -0.25) is 14.4 Å². The van der Waals surface area contributed by atoms with E-state index in [4.69, 9.17) is 9.15 Å². The van der Waals surface area contributed by atoms with E-state index in [2.05, 4.69) is 5.32 Å². The number of fused-ring (bicyclic) bond motifs is 1. The van der Waals surface area contributed by atoms with E-state index in [1.165, 1.54) is 13.2 Å². The van der Waals surface area contributed by atoms with Gasteiger partial charge in [-0.15, -0.1) is 11.8 Å². The van der Waals surface area contributed by atoms with E-state index in [1.54, 1.807) is 39.6 Å². The number of thioether (sulfide) groups is 1. The summed E-state index contributed by atoms with van der Waals surface area (Å²) in [7, 11) is 1.44. The summed E-state index contributed by atoms with van der Waals surface area (Å²) >= 11 is 1.65. The van der Waals surface area contributed by atoms with Crippen LogP contribution in [0.4, 0.5) is 0 Å². The standard InChI is InChI=1S/C26H29N3O5S/c1-17(21-5-4-14-34-21)27-26(32)25-20-10-11-28(12-13-29(20)24(31)16-22(25)33-2)23(30)15-18-6-8-19(35-3)9-7-18/h4-9,14,16-17H,10-13,15H2,1-3H3,(H,27,32)/t17-/m1/s1. The maximum atomic E-state index is 13.3. The average molecular weight is 496 g/mol. The normalized spacial score (nSPS) is 14.1. The van der Waals surface area contributed by atoms with Crippen LogP contribution < -0.4 is 15.6 Å². The van der Waals surface area contributed by atoms with Crippen molar-refractivity contribution in [3.8, 4) is 5.75 Å². The van der Waals surface area contributed by atoms with Crippen LogP contribution in [0.2, 0.25) is 0 Å². The first-order chi connectivity index (χ1) is 16.9. The molecule has 0 unspecified atom stereocenters. The Balaban J connectivity index is 1.55. The second kappa shape index (κ2) is 10.9. The largest absolute Gasteiger partial charge is 0.496 e. The minimum Gasteiger partial charge on any atom is -0.496 e. The van der Waals surface area contributed by atoms with Crippen molar-refractivity contribution in [3.63, 3.8) is 0 Å². The molecule has 0 bridgehead atoms. The number of hydrogen-bond donors (Lipinski definition) is 1. The lowest BCUT2D eigenvalue weighted by atomic mass is 10.1. The summed E-state index contributed by atoms with van der Waals surface area (Å²) in [4.78, 5) is 42.1. The predicted molar refractivity (Wildman–Crippen MR) is 134 cm³/mol. The lowest BCUT2D eigenvalue weighted by Crippen LogP contribution is -2.35. The zero-order chi connectivity index (χ0) is 24.9. The van der Waals surface area contributed by atoms with Gasteiger partial charge in [0.25, 0.3) is 11.5 Å². The molecule has 1 atom stereocenters. The van der Waals surface area contributed by atoms with Gasteiger partial charge in [-0.05, 0) is 43.0 Å². The van der Waals surface area contributed by atoms with Gasteiger partial charge in [-0.1, -0.05) is 12.1 Å². The zero-order valence-electron chi connectivity index (χ0n) is 20.1. The molecule has 0 radical (unpaired) electrons. The first kappa shape index (κ1) is 24.7. The van der Waals surface area contributed by atoms with Crippen LogP contribution in [0, 0.1) is 0 Å². The summed E-state index contributed by atoms with van der Waals surface area (Å²) < 4.78 is 12.4. The number of carbonyl (C=O) groups is 2. The Morgan fingerprint density at radius 1 is 1.17 bits per heavy atom. The number of pyridine rings is 1. The zero-order valence-corrected chi connectivity index (χ0v) is 20.9. The number of ether oxygens (including phenoxy) is 1. The van der Waals surface area contributed by atoms with Crippen molar-refractivity contribution in [1.82, 2.24) is 14.8 Å². The molecular formula is C26H29N3O5S. The van der Waals surface area contributed by atoms with Crippen LogP contribution in [-0.2, 0) is 24.2 Å². The average Bonchev–Trinajstić information content (AvgIpc) is 3.31. The Morgan fingerprint density at radius 2 is 1.94 bits per heavy atom. The third-order valence-corrected chi connectivity index (χ3v) is 6.97. The van der Waals surface area contributed by atoms with Crippen LogP contribution in [0.25, 0.3) is 0 Å². The fourth-order valence-electron chi connectivity index (χ4n) is 4.31. The maximum Gasteiger partial charge on any atom is 0.257 e. The first-order valence-corrected chi connectivity index (χ1v) is 12.7. The van der Waals surface area contributed by atoms with Gasteiger partial charge in [0, 0.05) is 42.7 Å². The Bertz CT molecular complexity index is 1250. The molecule has 1 aliphatic rings. The Labute approximate surface area is 208 Å². The molecule has 0 aliphatic carbocycles. The molecule has 2 amide bonds. The number of amides is 2. The summed E-state index contributed by atoms with van der Waals surface area (Å²) in [6, 6.07) is 12.5. The van der Waals surface area contributed by atoms with Crippen LogP contribution in [0.3, 0.4) is 0 Å². The number of methoxy groups -OCH3 is 1. The fourth-order valence-corrected chi connectivity index (χ4v) is 4.72. The molecule has 8 nitrogen and oxygen atoms in total. The number of benzene rings is 1. The molecule has 1 aliphatic heterocycles. The molecule has 0 spiro atoms. The Hall–Kier alpha value is -3.46. The second-order valence-corrected chi connectivity index (χ2v) is 9.27. The van der Waals surface area contributed by atoms with E-state index in [0.717, 1.165) is 10.5 Å². The Morgan fingerprint density at radius 3 is 2.60 bits per heavy atom. The van der Waals surface area contributed by atoms with Crippen LogP contribution in [-0.4, -0.2) is 47.7 Å². The highest BCUT2D eigenvalue weighted by Crippen LogP contribution is 2.24. The van der Waals surface area contributed by atoms with E-state index < -0.39 is 0 Å². The lowest BCUT2D eigenvalue weighted by molar-refractivity contribution is -0.130. The van der Waals surface area contributed by atoms with Crippen molar-refractivity contribution in [2.45, 2.75) is 37.2 Å². The van der Waals surface area contributed by atoms with Crippen LogP contribution in [0.1, 0.15) is 40.3 Å². The van der Waals surface area contributed by atoms with Crippen LogP contribution >= 0.6 is 11.8 Å².